The Morgan fingerprint density at radius 3 is 2.73 bits per heavy atom. The van der Waals surface area contributed by atoms with Crippen LogP contribution in [0.1, 0.15) is 41.3 Å². The first-order chi connectivity index (χ1) is 7.10. The summed E-state index contributed by atoms with van der Waals surface area (Å²) in [6.45, 7) is 7.56. The van der Waals surface area contributed by atoms with E-state index in [-0.39, 0.29) is 5.78 Å². The summed E-state index contributed by atoms with van der Waals surface area (Å²) in [6, 6.07) is 3.70. The molecule has 2 heteroatoms. The van der Waals surface area contributed by atoms with Crippen LogP contribution >= 0.6 is 0 Å². The third-order valence-electron chi connectivity index (χ3n) is 2.48. The molecule has 0 amide bonds. The van der Waals surface area contributed by atoms with Gasteiger partial charge in [-0.3, -0.25) is 4.79 Å². The smallest absolute Gasteiger partial charge is 0.163 e. The Kier molecular flexibility index (Phi) is 3.67. The molecule has 15 heavy (non-hydrogen) atoms. The molecule has 0 aliphatic heterocycles. The Morgan fingerprint density at radius 2 is 2.20 bits per heavy atom. The molecular formula is C13H17NO. The van der Waals surface area contributed by atoms with Crippen LogP contribution < -0.4 is 5.73 Å². The number of benzene rings is 1. The van der Waals surface area contributed by atoms with Crippen molar-refractivity contribution in [2.24, 2.45) is 0 Å². The van der Waals surface area contributed by atoms with Gasteiger partial charge in [-0.15, -0.1) is 0 Å². The molecule has 2 nitrogen and oxygen atoms in total. The minimum Gasteiger partial charge on any atom is -0.398 e. The van der Waals surface area contributed by atoms with E-state index in [2.05, 4.69) is 6.58 Å². The van der Waals surface area contributed by atoms with E-state index in [4.69, 9.17) is 5.73 Å². The number of Topliss-reactive ketones (excluding diaryl/α,β-unsaturated/α-hetero) is 1. The molecule has 0 saturated carbocycles. The lowest BCUT2D eigenvalue weighted by Gasteiger charge is -2.08. The molecule has 1 aromatic rings. The number of carbonyl (C=O) groups is 1. The van der Waals surface area contributed by atoms with Crippen LogP contribution in [0.25, 0.3) is 6.08 Å². The van der Waals surface area contributed by atoms with Gasteiger partial charge in [0.25, 0.3) is 0 Å². The van der Waals surface area contributed by atoms with Gasteiger partial charge in [0.15, 0.2) is 5.78 Å². The van der Waals surface area contributed by atoms with Crippen molar-refractivity contribution in [2.45, 2.75) is 26.7 Å². The molecule has 80 valence electrons. The van der Waals surface area contributed by atoms with Crippen LogP contribution in [0.4, 0.5) is 5.69 Å². The molecule has 0 saturated heterocycles. The summed E-state index contributed by atoms with van der Waals surface area (Å²) in [5, 5.41) is 0. The van der Waals surface area contributed by atoms with E-state index in [1.165, 1.54) is 0 Å². The number of nitrogen functional groups attached to an aromatic ring is 1. The zero-order valence-electron chi connectivity index (χ0n) is 9.34. The minimum absolute atomic E-state index is 0.158. The standard InChI is InChI=1S/C13H17NO/c1-4-6-13(15)11-7-10(5-2)8-12(14)9(11)3/h5,7-8H,2,4,6,14H2,1,3H3. The Bertz CT molecular complexity index is 394. The normalized spacial score (nSPS) is 10.0. The first-order valence-corrected chi connectivity index (χ1v) is 5.16. The van der Waals surface area contributed by atoms with Gasteiger partial charge >= 0.3 is 0 Å². The predicted octanol–water partition coefficient (Wildman–Crippen LogP) is 3.20. The van der Waals surface area contributed by atoms with Crippen LogP contribution in [0.3, 0.4) is 0 Å². The van der Waals surface area contributed by atoms with Crippen molar-refractivity contribution in [3.63, 3.8) is 0 Å². The fourth-order valence-corrected chi connectivity index (χ4v) is 1.53. The van der Waals surface area contributed by atoms with Crippen LogP contribution in [0.5, 0.6) is 0 Å². The lowest BCUT2D eigenvalue weighted by Crippen LogP contribution is -2.04. The maximum absolute atomic E-state index is 11.8. The highest BCUT2D eigenvalue weighted by molar-refractivity contribution is 5.99. The average Bonchev–Trinajstić information content (AvgIpc) is 2.22. The number of hydrogen-bond donors (Lipinski definition) is 1. The topological polar surface area (TPSA) is 43.1 Å². The van der Waals surface area contributed by atoms with Gasteiger partial charge < -0.3 is 5.73 Å². The molecule has 0 fully saturated rings. The van der Waals surface area contributed by atoms with E-state index < -0.39 is 0 Å². The molecule has 0 bridgehead atoms. The summed E-state index contributed by atoms with van der Waals surface area (Å²) in [4.78, 5) is 11.8. The third-order valence-corrected chi connectivity index (χ3v) is 2.48. The highest BCUT2D eigenvalue weighted by atomic mass is 16.1. The Morgan fingerprint density at radius 1 is 1.53 bits per heavy atom. The van der Waals surface area contributed by atoms with Crippen molar-refractivity contribution >= 4 is 17.5 Å². The average molecular weight is 203 g/mol. The van der Waals surface area contributed by atoms with Gasteiger partial charge in [-0.2, -0.15) is 0 Å². The number of nitrogens with two attached hydrogens (primary N) is 1. The lowest BCUT2D eigenvalue weighted by atomic mass is 9.97. The van der Waals surface area contributed by atoms with Crippen molar-refractivity contribution in [1.29, 1.82) is 0 Å². The molecular weight excluding hydrogens is 186 g/mol. The van der Waals surface area contributed by atoms with Crippen molar-refractivity contribution < 1.29 is 4.79 Å². The van der Waals surface area contributed by atoms with Gasteiger partial charge in [-0.1, -0.05) is 19.6 Å². The zero-order valence-corrected chi connectivity index (χ0v) is 9.34. The SMILES string of the molecule is C=Cc1cc(N)c(C)c(C(=O)CCC)c1. The van der Waals surface area contributed by atoms with Gasteiger partial charge in [-0.05, 0) is 36.6 Å². The van der Waals surface area contributed by atoms with E-state index in [0.29, 0.717) is 12.1 Å². The molecule has 0 unspecified atom stereocenters. The van der Waals surface area contributed by atoms with E-state index in [1.54, 1.807) is 6.08 Å². The van der Waals surface area contributed by atoms with Crippen molar-refractivity contribution in [2.75, 3.05) is 5.73 Å². The number of ketones is 1. The molecule has 2 N–H and O–H groups in total. The van der Waals surface area contributed by atoms with E-state index in [9.17, 15) is 4.79 Å². The highest BCUT2D eigenvalue weighted by Gasteiger charge is 2.10. The first kappa shape index (κ1) is 11.5. The van der Waals surface area contributed by atoms with E-state index in [1.807, 2.05) is 26.0 Å². The second kappa shape index (κ2) is 4.78. The third kappa shape index (κ3) is 2.46. The summed E-state index contributed by atoms with van der Waals surface area (Å²) in [5.74, 6) is 0.158. The number of hydrogen-bond acceptors (Lipinski definition) is 2. The molecule has 0 aliphatic rings. The van der Waals surface area contributed by atoms with Gasteiger partial charge in [0.2, 0.25) is 0 Å². The van der Waals surface area contributed by atoms with Crippen LogP contribution in [0, 0.1) is 6.92 Å². The summed E-state index contributed by atoms with van der Waals surface area (Å²) in [6.07, 6.45) is 3.13. The highest BCUT2D eigenvalue weighted by Crippen LogP contribution is 2.21. The van der Waals surface area contributed by atoms with E-state index >= 15 is 0 Å². The Balaban J connectivity index is 3.21. The maximum Gasteiger partial charge on any atom is 0.163 e. The predicted molar refractivity (Wildman–Crippen MR) is 64.9 cm³/mol. The zero-order chi connectivity index (χ0) is 11.4. The second-order valence-electron chi connectivity index (χ2n) is 3.66. The molecule has 0 spiro atoms. The fourth-order valence-electron chi connectivity index (χ4n) is 1.53. The largest absolute Gasteiger partial charge is 0.398 e. The molecule has 0 aromatic heterocycles. The molecule has 1 aromatic carbocycles. The van der Waals surface area contributed by atoms with Crippen LogP contribution in [0.15, 0.2) is 18.7 Å². The van der Waals surface area contributed by atoms with Crippen LogP contribution in [-0.4, -0.2) is 5.78 Å². The monoisotopic (exact) mass is 203 g/mol. The van der Waals surface area contributed by atoms with Crippen molar-refractivity contribution in [1.82, 2.24) is 0 Å². The fraction of sp³-hybridized carbons (Fsp3) is 0.308. The minimum atomic E-state index is 0.158. The molecule has 0 heterocycles. The Hall–Kier alpha value is -1.57. The Labute approximate surface area is 90.8 Å². The van der Waals surface area contributed by atoms with Crippen LogP contribution in [-0.2, 0) is 0 Å². The summed E-state index contributed by atoms with van der Waals surface area (Å²) < 4.78 is 0. The summed E-state index contributed by atoms with van der Waals surface area (Å²) in [5.41, 5.74) is 8.99. The summed E-state index contributed by atoms with van der Waals surface area (Å²) in [7, 11) is 0. The number of carbonyl (C=O) groups excluding carboxylic acids is 1. The van der Waals surface area contributed by atoms with E-state index in [0.717, 1.165) is 23.1 Å². The molecule has 0 radical (unpaired) electrons. The lowest BCUT2D eigenvalue weighted by molar-refractivity contribution is 0.0981. The molecule has 0 atom stereocenters. The maximum atomic E-state index is 11.8. The van der Waals surface area contributed by atoms with Gasteiger partial charge in [0, 0.05) is 17.7 Å². The molecule has 0 aliphatic carbocycles. The van der Waals surface area contributed by atoms with Crippen molar-refractivity contribution in [3.05, 3.63) is 35.4 Å². The van der Waals surface area contributed by atoms with Crippen LogP contribution in [0.2, 0.25) is 0 Å². The van der Waals surface area contributed by atoms with Gasteiger partial charge in [-0.25, -0.2) is 0 Å². The molecule has 1 rings (SSSR count). The first-order valence-electron chi connectivity index (χ1n) is 5.16. The van der Waals surface area contributed by atoms with Crippen molar-refractivity contribution in [3.8, 4) is 0 Å². The van der Waals surface area contributed by atoms with Gasteiger partial charge in [0.1, 0.15) is 0 Å². The number of rotatable bonds is 4. The van der Waals surface area contributed by atoms with Gasteiger partial charge in [0.05, 0.1) is 0 Å². The number of anilines is 1. The quantitative estimate of drug-likeness (QED) is 0.603. The second-order valence-corrected chi connectivity index (χ2v) is 3.66. The summed E-state index contributed by atoms with van der Waals surface area (Å²) >= 11 is 0.